The van der Waals surface area contributed by atoms with Crippen LogP contribution < -0.4 is 15.5 Å². The van der Waals surface area contributed by atoms with Crippen molar-refractivity contribution in [3.05, 3.63) is 59.0 Å². The number of halogens is 2. The molecule has 10 heteroatoms. The number of carbonyl (C=O) groups excluding carboxylic acids is 1. The number of carbonyl (C=O) groups is 1. The van der Waals surface area contributed by atoms with Crippen molar-refractivity contribution in [3.8, 4) is 0 Å². The van der Waals surface area contributed by atoms with Crippen LogP contribution in [0.1, 0.15) is 16.8 Å². The lowest BCUT2D eigenvalue weighted by molar-refractivity contribution is -0.115. The summed E-state index contributed by atoms with van der Waals surface area (Å²) in [4.78, 5) is 22.3. The van der Waals surface area contributed by atoms with Crippen LogP contribution >= 0.6 is 0 Å². The van der Waals surface area contributed by atoms with E-state index in [0.29, 0.717) is 29.7 Å². The molecule has 0 unspecified atom stereocenters. The molecule has 1 amide bonds. The Labute approximate surface area is 165 Å². The van der Waals surface area contributed by atoms with E-state index in [1.54, 1.807) is 31.3 Å². The average Bonchev–Trinajstić information content (AvgIpc) is 3.12. The second kappa shape index (κ2) is 7.46. The number of hydrogen-bond acceptors (Lipinski definition) is 6. The summed E-state index contributed by atoms with van der Waals surface area (Å²) in [7, 11) is 1.80. The first-order chi connectivity index (χ1) is 13.9. The molecule has 0 aliphatic carbocycles. The Kier molecular flexibility index (Phi) is 4.83. The van der Waals surface area contributed by atoms with E-state index in [1.165, 1.54) is 16.8 Å². The zero-order valence-corrected chi connectivity index (χ0v) is 15.9. The van der Waals surface area contributed by atoms with E-state index in [-0.39, 0.29) is 24.6 Å². The molecule has 3 aromatic rings. The highest BCUT2D eigenvalue weighted by atomic mass is 19.2. The van der Waals surface area contributed by atoms with E-state index in [2.05, 4.69) is 25.7 Å². The van der Waals surface area contributed by atoms with Crippen LogP contribution in [0.15, 0.2) is 30.6 Å². The zero-order chi connectivity index (χ0) is 20.5. The Morgan fingerprint density at radius 2 is 2.10 bits per heavy atom. The molecular weight excluding hydrogens is 380 g/mol. The van der Waals surface area contributed by atoms with Gasteiger partial charge in [0.25, 0.3) is 0 Å². The minimum atomic E-state index is -0.877. The summed E-state index contributed by atoms with van der Waals surface area (Å²) >= 11 is 0. The molecule has 1 aliphatic heterocycles. The molecule has 8 nitrogen and oxygen atoms in total. The van der Waals surface area contributed by atoms with Gasteiger partial charge in [0.1, 0.15) is 5.69 Å². The second-order valence-corrected chi connectivity index (χ2v) is 6.85. The van der Waals surface area contributed by atoms with Crippen LogP contribution in [0.2, 0.25) is 0 Å². The smallest absolute Gasteiger partial charge is 0.244 e. The van der Waals surface area contributed by atoms with Gasteiger partial charge in [0.2, 0.25) is 11.9 Å². The van der Waals surface area contributed by atoms with Crippen molar-refractivity contribution in [3.63, 3.8) is 0 Å². The normalized spacial score (nSPS) is 13.2. The number of likely N-dealkylation sites (N-methyl/N-ethyl adjacent to an activating group) is 1. The highest BCUT2D eigenvalue weighted by Gasteiger charge is 2.23. The van der Waals surface area contributed by atoms with Crippen LogP contribution in [0, 0.1) is 18.6 Å². The summed E-state index contributed by atoms with van der Waals surface area (Å²) in [6, 6.07) is 4.08. The molecule has 0 spiro atoms. The van der Waals surface area contributed by atoms with Gasteiger partial charge in [-0.3, -0.25) is 9.48 Å². The van der Waals surface area contributed by atoms with Gasteiger partial charge in [-0.25, -0.2) is 13.8 Å². The number of nitrogens with one attached hydrogen (secondary N) is 2. The van der Waals surface area contributed by atoms with E-state index in [9.17, 15) is 13.6 Å². The fraction of sp³-hybridized carbons (Fsp3) is 0.263. The van der Waals surface area contributed by atoms with Crippen molar-refractivity contribution in [2.75, 3.05) is 29.1 Å². The van der Waals surface area contributed by atoms with Crippen molar-refractivity contribution in [2.24, 2.45) is 0 Å². The molecule has 4 rings (SSSR count). The van der Waals surface area contributed by atoms with Gasteiger partial charge in [0, 0.05) is 30.9 Å². The van der Waals surface area contributed by atoms with Crippen LogP contribution in [0.4, 0.5) is 26.2 Å². The van der Waals surface area contributed by atoms with Crippen LogP contribution in [0.3, 0.4) is 0 Å². The van der Waals surface area contributed by atoms with E-state index in [0.717, 1.165) is 11.6 Å². The van der Waals surface area contributed by atoms with Gasteiger partial charge < -0.3 is 15.5 Å². The molecule has 0 fully saturated rings. The Morgan fingerprint density at radius 3 is 2.93 bits per heavy atom. The Bertz CT molecular complexity index is 1080. The molecule has 2 aromatic heterocycles. The lowest BCUT2D eigenvalue weighted by atomic mass is 10.2. The van der Waals surface area contributed by atoms with E-state index >= 15 is 0 Å². The largest absolute Gasteiger partial charge is 0.350 e. The Morgan fingerprint density at radius 1 is 1.28 bits per heavy atom. The maximum Gasteiger partial charge on any atom is 0.244 e. The quantitative estimate of drug-likeness (QED) is 0.685. The molecule has 0 saturated carbocycles. The molecule has 1 aliphatic rings. The third-order valence-electron chi connectivity index (χ3n) is 4.58. The van der Waals surface area contributed by atoms with Gasteiger partial charge in [0.05, 0.1) is 25.0 Å². The van der Waals surface area contributed by atoms with Crippen molar-refractivity contribution in [1.29, 1.82) is 0 Å². The number of hydrogen-bond donors (Lipinski definition) is 2. The third-order valence-corrected chi connectivity index (χ3v) is 4.58. The predicted octanol–water partition coefficient (Wildman–Crippen LogP) is 2.31. The van der Waals surface area contributed by atoms with Gasteiger partial charge in [-0.1, -0.05) is 12.1 Å². The van der Waals surface area contributed by atoms with Gasteiger partial charge in [-0.05, 0) is 13.0 Å². The Balaban J connectivity index is 1.45. The van der Waals surface area contributed by atoms with E-state index < -0.39 is 11.6 Å². The SMILES string of the molecule is Cc1nc(NCc2cnn(Cc3cccc(F)c3F)c2)nc2c1NC(=O)CN2C. The summed E-state index contributed by atoms with van der Waals surface area (Å²) in [6.45, 7) is 2.56. The molecule has 2 N–H and O–H groups in total. The van der Waals surface area contributed by atoms with Crippen LogP contribution in [0.5, 0.6) is 0 Å². The summed E-state index contributed by atoms with van der Waals surface area (Å²) in [6.07, 6.45) is 3.39. The minimum absolute atomic E-state index is 0.102. The second-order valence-electron chi connectivity index (χ2n) is 6.85. The van der Waals surface area contributed by atoms with Crippen LogP contribution in [0.25, 0.3) is 0 Å². The summed E-state index contributed by atoms with van der Waals surface area (Å²) < 4.78 is 28.7. The molecule has 0 bridgehead atoms. The minimum Gasteiger partial charge on any atom is -0.350 e. The highest BCUT2D eigenvalue weighted by molar-refractivity contribution is 6.00. The maximum absolute atomic E-state index is 13.8. The fourth-order valence-electron chi connectivity index (χ4n) is 3.14. The van der Waals surface area contributed by atoms with Crippen molar-refractivity contribution in [1.82, 2.24) is 19.7 Å². The van der Waals surface area contributed by atoms with Crippen LogP contribution in [-0.4, -0.2) is 39.2 Å². The molecule has 3 heterocycles. The zero-order valence-electron chi connectivity index (χ0n) is 15.9. The number of anilines is 3. The number of aromatic nitrogens is 4. The predicted molar refractivity (Wildman–Crippen MR) is 104 cm³/mol. The number of amides is 1. The van der Waals surface area contributed by atoms with Crippen molar-refractivity contribution in [2.45, 2.75) is 20.0 Å². The summed E-state index contributed by atoms with van der Waals surface area (Å²) in [5.74, 6) is -0.769. The number of nitrogens with zero attached hydrogens (tertiary/aromatic N) is 5. The summed E-state index contributed by atoms with van der Waals surface area (Å²) in [5.41, 5.74) is 2.34. The van der Waals surface area contributed by atoms with Crippen molar-refractivity contribution < 1.29 is 13.6 Å². The van der Waals surface area contributed by atoms with Crippen LogP contribution in [-0.2, 0) is 17.9 Å². The number of fused-ring (bicyclic) bond motifs is 1. The van der Waals surface area contributed by atoms with E-state index in [1.807, 2.05) is 0 Å². The van der Waals surface area contributed by atoms with Gasteiger partial charge in [0.15, 0.2) is 17.5 Å². The van der Waals surface area contributed by atoms with Gasteiger partial charge in [-0.15, -0.1) is 0 Å². The van der Waals surface area contributed by atoms with E-state index in [4.69, 9.17) is 0 Å². The lowest BCUT2D eigenvalue weighted by Gasteiger charge is -2.27. The van der Waals surface area contributed by atoms with Crippen molar-refractivity contribution >= 4 is 23.4 Å². The summed E-state index contributed by atoms with van der Waals surface area (Å²) in [5, 5.41) is 10.1. The molecule has 0 saturated heterocycles. The average molecular weight is 399 g/mol. The molecule has 1 aromatic carbocycles. The van der Waals surface area contributed by atoms with Gasteiger partial charge in [-0.2, -0.15) is 10.1 Å². The first-order valence-corrected chi connectivity index (χ1v) is 8.98. The lowest BCUT2D eigenvalue weighted by Crippen LogP contribution is -2.36. The van der Waals surface area contributed by atoms with Gasteiger partial charge >= 0.3 is 0 Å². The standard InChI is InChI=1S/C19H19F2N7O/c1-11-17-18(27(2)10-15(29)25-17)26-19(24-11)22-6-12-7-23-28(8-12)9-13-4-3-5-14(20)16(13)21/h3-5,7-8H,6,9-10H2,1-2H3,(H,25,29)(H,22,24,26). The third kappa shape index (κ3) is 3.86. The molecule has 150 valence electrons. The first-order valence-electron chi connectivity index (χ1n) is 8.98. The number of benzene rings is 1. The molecule has 0 atom stereocenters. The highest BCUT2D eigenvalue weighted by Crippen LogP contribution is 2.29. The fourth-order valence-corrected chi connectivity index (χ4v) is 3.14. The topological polar surface area (TPSA) is 88.0 Å². The number of aryl methyl sites for hydroxylation is 1. The number of rotatable bonds is 5. The molecule has 29 heavy (non-hydrogen) atoms. The molecular formula is C19H19F2N7O. The Hall–Kier alpha value is -3.56. The molecule has 0 radical (unpaired) electrons. The first kappa shape index (κ1) is 18.8. The maximum atomic E-state index is 13.8. The monoisotopic (exact) mass is 399 g/mol.